The predicted molar refractivity (Wildman–Crippen MR) is 86.0 cm³/mol. The zero-order valence-electron chi connectivity index (χ0n) is 11.8. The lowest BCUT2D eigenvalue weighted by molar-refractivity contribution is 0.124. The van der Waals surface area contributed by atoms with E-state index in [1.807, 2.05) is 42.6 Å². The second-order valence-corrected chi connectivity index (χ2v) is 4.99. The maximum Gasteiger partial charge on any atom is 0.0757 e. The van der Waals surface area contributed by atoms with Crippen LogP contribution in [0.15, 0.2) is 60.8 Å². The number of aromatic nitrogens is 1. The Morgan fingerprint density at radius 2 is 1.71 bits per heavy atom. The molecule has 3 rings (SSSR count). The molecule has 3 heteroatoms. The fourth-order valence-electron chi connectivity index (χ4n) is 2.41. The van der Waals surface area contributed by atoms with Crippen molar-refractivity contribution in [2.75, 3.05) is 12.3 Å². The van der Waals surface area contributed by atoms with Crippen LogP contribution in [0.2, 0.25) is 0 Å². The Labute approximate surface area is 124 Å². The molecule has 0 saturated carbocycles. The molecule has 0 bridgehead atoms. The first kappa shape index (κ1) is 13.6. The minimum absolute atomic E-state index is 0.571. The van der Waals surface area contributed by atoms with E-state index in [-0.39, 0.29) is 0 Å². The van der Waals surface area contributed by atoms with Crippen LogP contribution in [0, 0.1) is 0 Å². The number of benzene rings is 2. The second kappa shape index (κ2) is 6.37. The second-order valence-electron chi connectivity index (χ2n) is 4.99. The molecular formula is C18H18N2O. The van der Waals surface area contributed by atoms with Crippen LogP contribution in [-0.4, -0.2) is 11.6 Å². The van der Waals surface area contributed by atoms with Gasteiger partial charge in [-0.1, -0.05) is 42.5 Å². The summed E-state index contributed by atoms with van der Waals surface area (Å²) in [4.78, 5) is 4.43. The molecule has 0 amide bonds. The van der Waals surface area contributed by atoms with E-state index in [4.69, 9.17) is 10.5 Å². The number of anilines is 1. The molecule has 3 nitrogen and oxygen atoms in total. The molecule has 1 heterocycles. The fraction of sp³-hybridized carbons (Fsp3) is 0.167. The van der Waals surface area contributed by atoms with Crippen LogP contribution in [0.3, 0.4) is 0 Å². The molecule has 0 aliphatic heterocycles. The number of fused-ring (bicyclic) bond motifs is 1. The molecule has 2 aromatic carbocycles. The van der Waals surface area contributed by atoms with Gasteiger partial charge in [0.25, 0.3) is 0 Å². The molecule has 3 aromatic rings. The van der Waals surface area contributed by atoms with Gasteiger partial charge in [-0.05, 0) is 24.1 Å². The van der Waals surface area contributed by atoms with E-state index in [9.17, 15) is 0 Å². The highest BCUT2D eigenvalue weighted by molar-refractivity contribution is 5.81. The van der Waals surface area contributed by atoms with Gasteiger partial charge in [-0.15, -0.1) is 0 Å². The van der Waals surface area contributed by atoms with Crippen molar-refractivity contribution in [2.45, 2.75) is 13.0 Å². The molecular weight excluding hydrogens is 260 g/mol. The van der Waals surface area contributed by atoms with Gasteiger partial charge < -0.3 is 10.5 Å². The predicted octanol–water partition coefficient (Wildman–Crippen LogP) is 3.58. The minimum Gasteiger partial charge on any atom is -0.399 e. The SMILES string of the molecule is Nc1ccccc1CCOCc1cccc2cccnc12. The number of pyridine rings is 1. The quantitative estimate of drug-likeness (QED) is 0.573. The number of nitrogen functional groups attached to an aromatic ring is 1. The van der Waals surface area contributed by atoms with E-state index >= 15 is 0 Å². The van der Waals surface area contributed by atoms with E-state index < -0.39 is 0 Å². The summed E-state index contributed by atoms with van der Waals surface area (Å²) in [6.45, 7) is 1.22. The van der Waals surface area contributed by atoms with Crippen molar-refractivity contribution < 1.29 is 4.74 Å². The minimum atomic E-state index is 0.571. The molecule has 0 saturated heterocycles. The Hall–Kier alpha value is -2.39. The van der Waals surface area contributed by atoms with Crippen LogP contribution in [-0.2, 0) is 17.8 Å². The van der Waals surface area contributed by atoms with Gasteiger partial charge in [-0.2, -0.15) is 0 Å². The van der Waals surface area contributed by atoms with Gasteiger partial charge in [-0.25, -0.2) is 0 Å². The third kappa shape index (κ3) is 3.20. The Bertz CT molecular complexity index is 735. The van der Waals surface area contributed by atoms with Crippen LogP contribution in [0.1, 0.15) is 11.1 Å². The summed E-state index contributed by atoms with van der Waals surface area (Å²) in [5.41, 5.74) is 10.0. The van der Waals surface area contributed by atoms with Gasteiger partial charge in [0.15, 0.2) is 0 Å². The Morgan fingerprint density at radius 1 is 0.905 bits per heavy atom. The number of para-hydroxylation sites is 2. The number of nitrogens with zero attached hydrogens (tertiary/aromatic N) is 1. The summed E-state index contributed by atoms with van der Waals surface area (Å²) in [5, 5.41) is 1.14. The number of ether oxygens (including phenoxy) is 1. The summed E-state index contributed by atoms with van der Waals surface area (Å²) in [6.07, 6.45) is 2.64. The van der Waals surface area contributed by atoms with Gasteiger partial charge in [0.2, 0.25) is 0 Å². The van der Waals surface area contributed by atoms with Crippen molar-refractivity contribution in [2.24, 2.45) is 0 Å². The average Bonchev–Trinajstić information content (AvgIpc) is 2.53. The molecule has 0 fully saturated rings. The largest absolute Gasteiger partial charge is 0.399 e. The summed E-state index contributed by atoms with van der Waals surface area (Å²) >= 11 is 0. The van der Waals surface area contributed by atoms with Gasteiger partial charge in [-0.3, -0.25) is 4.98 Å². The average molecular weight is 278 g/mol. The highest BCUT2D eigenvalue weighted by Gasteiger charge is 2.02. The molecule has 0 radical (unpaired) electrons. The van der Waals surface area contributed by atoms with Crippen molar-refractivity contribution in [1.29, 1.82) is 0 Å². The first-order chi connectivity index (χ1) is 10.3. The number of hydrogen-bond acceptors (Lipinski definition) is 3. The summed E-state index contributed by atoms with van der Waals surface area (Å²) < 4.78 is 5.79. The Morgan fingerprint density at radius 3 is 2.62 bits per heavy atom. The molecule has 106 valence electrons. The third-order valence-corrected chi connectivity index (χ3v) is 3.54. The van der Waals surface area contributed by atoms with Crippen LogP contribution in [0.4, 0.5) is 5.69 Å². The lowest BCUT2D eigenvalue weighted by Crippen LogP contribution is -2.02. The molecule has 21 heavy (non-hydrogen) atoms. The van der Waals surface area contributed by atoms with Gasteiger partial charge >= 0.3 is 0 Å². The molecule has 0 aliphatic rings. The van der Waals surface area contributed by atoms with Crippen molar-refractivity contribution in [1.82, 2.24) is 4.98 Å². The van der Waals surface area contributed by atoms with E-state index in [0.717, 1.165) is 34.1 Å². The molecule has 2 N–H and O–H groups in total. The van der Waals surface area contributed by atoms with Crippen LogP contribution < -0.4 is 5.73 Å². The zero-order valence-corrected chi connectivity index (χ0v) is 11.8. The Balaban J connectivity index is 1.61. The summed E-state index contributed by atoms with van der Waals surface area (Å²) in [5.74, 6) is 0. The van der Waals surface area contributed by atoms with Crippen molar-refractivity contribution >= 4 is 16.6 Å². The maximum absolute atomic E-state index is 5.92. The first-order valence-corrected chi connectivity index (χ1v) is 7.08. The van der Waals surface area contributed by atoms with Crippen molar-refractivity contribution in [3.05, 3.63) is 71.9 Å². The number of rotatable bonds is 5. The number of hydrogen-bond donors (Lipinski definition) is 1. The van der Waals surface area contributed by atoms with E-state index in [1.165, 1.54) is 0 Å². The third-order valence-electron chi connectivity index (χ3n) is 3.54. The van der Waals surface area contributed by atoms with E-state index in [2.05, 4.69) is 23.2 Å². The molecule has 0 unspecified atom stereocenters. The highest BCUT2D eigenvalue weighted by atomic mass is 16.5. The monoisotopic (exact) mass is 278 g/mol. The molecule has 0 atom stereocenters. The smallest absolute Gasteiger partial charge is 0.0757 e. The van der Waals surface area contributed by atoms with Crippen LogP contribution in [0.5, 0.6) is 0 Å². The topological polar surface area (TPSA) is 48.1 Å². The molecule has 1 aromatic heterocycles. The highest BCUT2D eigenvalue weighted by Crippen LogP contribution is 2.17. The molecule has 0 aliphatic carbocycles. The lowest BCUT2D eigenvalue weighted by atomic mass is 10.1. The van der Waals surface area contributed by atoms with E-state index in [1.54, 1.807) is 0 Å². The fourth-order valence-corrected chi connectivity index (χ4v) is 2.41. The standard InChI is InChI=1S/C18H18N2O/c19-17-9-2-1-5-14(17)10-12-21-13-16-7-3-6-15-8-4-11-20-18(15)16/h1-9,11H,10,12-13,19H2. The lowest BCUT2D eigenvalue weighted by Gasteiger charge is -2.08. The first-order valence-electron chi connectivity index (χ1n) is 7.08. The maximum atomic E-state index is 5.92. The van der Waals surface area contributed by atoms with Gasteiger partial charge in [0.05, 0.1) is 18.7 Å². The normalized spacial score (nSPS) is 10.9. The Kier molecular flexibility index (Phi) is 4.12. The molecule has 0 spiro atoms. The van der Waals surface area contributed by atoms with Gasteiger partial charge in [0, 0.05) is 22.8 Å². The zero-order chi connectivity index (χ0) is 14.5. The van der Waals surface area contributed by atoms with Gasteiger partial charge in [0.1, 0.15) is 0 Å². The number of nitrogens with two attached hydrogens (primary N) is 1. The van der Waals surface area contributed by atoms with Crippen LogP contribution in [0.25, 0.3) is 10.9 Å². The summed E-state index contributed by atoms with van der Waals surface area (Å²) in [6, 6.07) is 18.1. The van der Waals surface area contributed by atoms with Crippen molar-refractivity contribution in [3.8, 4) is 0 Å². The van der Waals surface area contributed by atoms with Crippen molar-refractivity contribution in [3.63, 3.8) is 0 Å². The van der Waals surface area contributed by atoms with E-state index in [0.29, 0.717) is 13.2 Å². The van der Waals surface area contributed by atoms with Crippen LogP contribution >= 0.6 is 0 Å². The summed E-state index contributed by atoms with van der Waals surface area (Å²) in [7, 11) is 0.